The van der Waals surface area contributed by atoms with Gasteiger partial charge < -0.3 is 15.6 Å². The molecule has 0 radical (unpaired) electrons. The number of hydrogen-bond donors (Lipinski definition) is 2. The van der Waals surface area contributed by atoms with E-state index in [0.29, 0.717) is 17.0 Å². The summed E-state index contributed by atoms with van der Waals surface area (Å²) in [5.74, 6) is 0.439. The number of ketones is 1. The summed E-state index contributed by atoms with van der Waals surface area (Å²) in [5, 5.41) is 12.1. The molecule has 20 heavy (non-hydrogen) atoms. The van der Waals surface area contributed by atoms with Gasteiger partial charge in [0.2, 0.25) is 0 Å². The molecule has 0 aliphatic carbocycles. The molecule has 3 rings (SSSR count). The van der Waals surface area contributed by atoms with Crippen molar-refractivity contribution >= 4 is 22.2 Å². The Morgan fingerprint density at radius 2 is 2.10 bits per heavy atom. The van der Waals surface area contributed by atoms with E-state index in [0.717, 1.165) is 21.9 Å². The molecule has 1 heterocycles. The van der Waals surface area contributed by atoms with Crippen LogP contribution in [0.15, 0.2) is 18.2 Å². The van der Waals surface area contributed by atoms with E-state index >= 15 is 0 Å². The van der Waals surface area contributed by atoms with Crippen LogP contribution in [0.25, 0.3) is 10.8 Å². The molecule has 0 fully saturated rings. The number of carbonyl (C=O) groups excluding carboxylic acids is 1. The van der Waals surface area contributed by atoms with Crippen LogP contribution in [0.5, 0.6) is 5.75 Å². The first-order valence-electron chi connectivity index (χ1n) is 6.55. The third-order valence-electron chi connectivity index (χ3n) is 3.93. The lowest BCUT2D eigenvalue weighted by Crippen LogP contribution is -2.33. The smallest absolute Gasteiger partial charge is 0.163 e. The van der Waals surface area contributed by atoms with E-state index < -0.39 is 5.60 Å². The number of rotatable bonds is 1. The van der Waals surface area contributed by atoms with Crippen LogP contribution < -0.4 is 10.5 Å². The average molecular weight is 271 g/mol. The minimum atomic E-state index is -1.08. The number of anilines is 1. The van der Waals surface area contributed by atoms with Crippen molar-refractivity contribution in [1.29, 1.82) is 0 Å². The largest absolute Gasteiger partial charge is 0.489 e. The number of ether oxygens (including phenoxy) is 1. The van der Waals surface area contributed by atoms with Gasteiger partial charge in [0, 0.05) is 16.5 Å². The summed E-state index contributed by atoms with van der Waals surface area (Å²) < 4.78 is 5.69. The Morgan fingerprint density at radius 1 is 1.40 bits per heavy atom. The van der Waals surface area contributed by atoms with Crippen LogP contribution in [-0.2, 0) is 5.60 Å². The lowest BCUT2D eigenvalue weighted by Gasteiger charge is -2.32. The first-order valence-corrected chi connectivity index (χ1v) is 6.55. The number of nitrogens with two attached hydrogens (primary N) is 1. The van der Waals surface area contributed by atoms with Gasteiger partial charge in [0.1, 0.15) is 18.0 Å². The maximum atomic E-state index is 11.8. The Kier molecular flexibility index (Phi) is 2.56. The van der Waals surface area contributed by atoms with Crippen molar-refractivity contribution in [1.82, 2.24) is 0 Å². The third-order valence-corrected chi connectivity index (χ3v) is 3.93. The van der Waals surface area contributed by atoms with Gasteiger partial charge >= 0.3 is 0 Å². The molecular weight excluding hydrogens is 254 g/mol. The van der Waals surface area contributed by atoms with E-state index in [2.05, 4.69) is 0 Å². The molecular formula is C16H17NO3. The van der Waals surface area contributed by atoms with Crippen LogP contribution in [0.4, 0.5) is 5.69 Å². The van der Waals surface area contributed by atoms with Crippen LogP contribution in [0.3, 0.4) is 0 Å². The van der Waals surface area contributed by atoms with Gasteiger partial charge in [0.05, 0.1) is 5.56 Å². The molecule has 2 aromatic rings. The Labute approximate surface area is 117 Å². The van der Waals surface area contributed by atoms with Gasteiger partial charge in [0.15, 0.2) is 5.78 Å². The number of Topliss-reactive ketones (excluding diaryl/α,β-unsaturated/α-hetero) is 1. The van der Waals surface area contributed by atoms with Gasteiger partial charge in [0.25, 0.3) is 0 Å². The number of aliphatic hydroxyl groups is 1. The van der Waals surface area contributed by atoms with Gasteiger partial charge in [-0.3, -0.25) is 4.79 Å². The van der Waals surface area contributed by atoms with Crippen molar-refractivity contribution in [2.75, 3.05) is 12.3 Å². The summed E-state index contributed by atoms with van der Waals surface area (Å²) in [7, 11) is 0. The van der Waals surface area contributed by atoms with Gasteiger partial charge in [-0.2, -0.15) is 0 Å². The molecule has 1 atom stereocenters. The standard InChI is InChI=1S/C16H17NO3/c1-8-4-5-11-14-13(8)12(17)6-10(9(2)18)15(14)20-7-16(11,3)19/h4-6,19H,7,17H2,1-3H3. The second-order valence-electron chi connectivity index (χ2n) is 5.64. The molecule has 0 aromatic heterocycles. The molecule has 104 valence electrons. The summed E-state index contributed by atoms with van der Waals surface area (Å²) >= 11 is 0. The fourth-order valence-corrected chi connectivity index (χ4v) is 2.89. The minimum absolute atomic E-state index is 0.0948. The molecule has 1 aliphatic rings. The van der Waals surface area contributed by atoms with E-state index in [1.165, 1.54) is 6.92 Å². The number of hydrogen-bond acceptors (Lipinski definition) is 4. The lowest BCUT2D eigenvalue weighted by molar-refractivity contribution is 0.00347. The van der Waals surface area contributed by atoms with E-state index in [1.807, 2.05) is 19.1 Å². The maximum absolute atomic E-state index is 11.8. The van der Waals surface area contributed by atoms with E-state index in [-0.39, 0.29) is 12.4 Å². The van der Waals surface area contributed by atoms with Crippen molar-refractivity contribution in [2.45, 2.75) is 26.4 Å². The molecule has 0 saturated heterocycles. The molecule has 0 saturated carbocycles. The normalized spacial score (nSPS) is 20.8. The highest BCUT2D eigenvalue weighted by Crippen LogP contribution is 2.45. The molecule has 0 spiro atoms. The highest BCUT2D eigenvalue weighted by atomic mass is 16.5. The zero-order valence-corrected chi connectivity index (χ0v) is 11.8. The molecule has 1 unspecified atom stereocenters. The van der Waals surface area contributed by atoms with Crippen molar-refractivity contribution in [3.05, 3.63) is 34.9 Å². The number of aryl methyl sites for hydroxylation is 1. The summed E-state index contributed by atoms with van der Waals surface area (Å²) in [6, 6.07) is 5.48. The van der Waals surface area contributed by atoms with Gasteiger partial charge in [-0.1, -0.05) is 12.1 Å². The highest BCUT2D eigenvalue weighted by Gasteiger charge is 2.34. The fourth-order valence-electron chi connectivity index (χ4n) is 2.89. The highest BCUT2D eigenvalue weighted by molar-refractivity contribution is 6.10. The summed E-state index contributed by atoms with van der Waals surface area (Å²) in [5.41, 5.74) is 7.79. The van der Waals surface area contributed by atoms with Crippen molar-refractivity contribution in [2.24, 2.45) is 0 Å². The monoisotopic (exact) mass is 271 g/mol. The van der Waals surface area contributed by atoms with E-state index in [9.17, 15) is 9.90 Å². The summed E-state index contributed by atoms with van der Waals surface area (Å²) in [6.07, 6.45) is 0. The first kappa shape index (κ1) is 12.9. The zero-order valence-electron chi connectivity index (χ0n) is 11.8. The van der Waals surface area contributed by atoms with Crippen molar-refractivity contribution < 1.29 is 14.6 Å². The fraction of sp³-hybridized carbons (Fsp3) is 0.312. The SMILES string of the molecule is CC(=O)c1cc(N)c2c(C)ccc3c2c1OCC3(C)O. The van der Waals surface area contributed by atoms with Crippen LogP contribution in [0.1, 0.15) is 35.3 Å². The summed E-state index contributed by atoms with van der Waals surface area (Å²) in [6.45, 7) is 5.28. The van der Waals surface area contributed by atoms with Crippen LogP contribution >= 0.6 is 0 Å². The Hall–Kier alpha value is -2.07. The van der Waals surface area contributed by atoms with Crippen molar-refractivity contribution in [3.63, 3.8) is 0 Å². The zero-order chi connectivity index (χ0) is 14.7. The maximum Gasteiger partial charge on any atom is 0.163 e. The molecule has 4 heteroatoms. The number of carbonyl (C=O) groups is 1. The van der Waals surface area contributed by atoms with Gasteiger partial charge in [-0.05, 0) is 38.0 Å². The second-order valence-corrected chi connectivity index (χ2v) is 5.64. The van der Waals surface area contributed by atoms with Gasteiger partial charge in [-0.25, -0.2) is 0 Å². The molecule has 1 aliphatic heterocycles. The number of benzene rings is 2. The minimum Gasteiger partial charge on any atom is -0.489 e. The van der Waals surface area contributed by atoms with Crippen LogP contribution in [-0.4, -0.2) is 17.5 Å². The average Bonchev–Trinajstić information content (AvgIpc) is 2.36. The van der Waals surface area contributed by atoms with Crippen LogP contribution in [0.2, 0.25) is 0 Å². The molecule has 3 N–H and O–H groups in total. The van der Waals surface area contributed by atoms with Crippen LogP contribution in [0, 0.1) is 6.92 Å². The topological polar surface area (TPSA) is 72.6 Å². The van der Waals surface area contributed by atoms with E-state index in [4.69, 9.17) is 10.5 Å². The van der Waals surface area contributed by atoms with E-state index in [1.54, 1.807) is 13.0 Å². The first-order chi connectivity index (χ1) is 9.33. The lowest BCUT2D eigenvalue weighted by atomic mass is 9.85. The third kappa shape index (κ3) is 1.61. The molecule has 0 bridgehead atoms. The quantitative estimate of drug-likeness (QED) is 0.617. The Bertz CT molecular complexity index is 747. The molecule has 2 aromatic carbocycles. The van der Waals surface area contributed by atoms with Crippen molar-refractivity contribution in [3.8, 4) is 5.75 Å². The van der Waals surface area contributed by atoms with Gasteiger partial charge in [-0.15, -0.1) is 0 Å². The predicted octanol–water partition coefficient (Wildman–Crippen LogP) is 2.53. The Morgan fingerprint density at radius 3 is 2.75 bits per heavy atom. The predicted molar refractivity (Wildman–Crippen MR) is 78.2 cm³/mol. The summed E-state index contributed by atoms with van der Waals surface area (Å²) in [4.78, 5) is 11.8. The number of nitrogen functional groups attached to an aromatic ring is 1. The second kappa shape index (κ2) is 3.96. The molecule has 4 nitrogen and oxygen atoms in total. The molecule has 0 amide bonds. The Balaban J connectivity index is 2.55.